The van der Waals surface area contributed by atoms with Crippen molar-refractivity contribution < 1.29 is 4.79 Å². The van der Waals surface area contributed by atoms with Gasteiger partial charge in [-0.2, -0.15) is 0 Å². The molecule has 1 saturated heterocycles. The molecule has 4 nitrogen and oxygen atoms in total. The summed E-state index contributed by atoms with van der Waals surface area (Å²) >= 11 is 0. The summed E-state index contributed by atoms with van der Waals surface area (Å²) in [5.74, 6) is 1.73. The van der Waals surface area contributed by atoms with Gasteiger partial charge in [0.1, 0.15) is 11.6 Å². The number of benzene rings is 1. The van der Waals surface area contributed by atoms with Gasteiger partial charge in [-0.3, -0.25) is 4.79 Å². The van der Waals surface area contributed by atoms with Crippen molar-refractivity contribution in [2.24, 2.45) is 5.92 Å². The van der Waals surface area contributed by atoms with Crippen LogP contribution < -0.4 is 5.32 Å². The Labute approximate surface area is 119 Å². The molecule has 1 atom stereocenters. The normalized spacial score (nSPS) is 18.8. The summed E-state index contributed by atoms with van der Waals surface area (Å²) < 4.78 is 2.15. The monoisotopic (exact) mass is 271 g/mol. The van der Waals surface area contributed by atoms with Crippen molar-refractivity contribution in [3.05, 3.63) is 30.1 Å². The van der Waals surface area contributed by atoms with Gasteiger partial charge in [0.15, 0.2) is 0 Å². The maximum Gasteiger partial charge on any atom is 0.140 e. The molecule has 1 aliphatic heterocycles. The first-order valence-corrected chi connectivity index (χ1v) is 7.44. The third kappa shape index (κ3) is 2.61. The van der Waals surface area contributed by atoms with E-state index >= 15 is 0 Å². The summed E-state index contributed by atoms with van der Waals surface area (Å²) in [5, 5.41) is 3.31. The Hall–Kier alpha value is -1.68. The van der Waals surface area contributed by atoms with Crippen LogP contribution in [0.4, 0.5) is 0 Å². The molecule has 2 heterocycles. The third-order valence-electron chi connectivity index (χ3n) is 4.08. The van der Waals surface area contributed by atoms with Crippen molar-refractivity contribution in [1.82, 2.24) is 14.9 Å². The number of fused-ring (bicyclic) bond motifs is 1. The molecular weight excluding hydrogens is 250 g/mol. The number of ketones is 1. The molecule has 106 valence electrons. The lowest BCUT2D eigenvalue weighted by Crippen LogP contribution is -2.16. The lowest BCUT2D eigenvalue weighted by Gasteiger charge is -2.08. The molecule has 1 aromatic carbocycles. The number of aryl methyl sites for hydroxylation is 1. The molecule has 0 saturated carbocycles. The minimum absolute atomic E-state index is 0.309. The topological polar surface area (TPSA) is 46.9 Å². The van der Waals surface area contributed by atoms with Gasteiger partial charge in [0.2, 0.25) is 0 Å². The Balaban J connectivity index is 1.77. The zero-order valence-corrected chi connectivity index (χ0v) is 11.9. The SMILES string of the molecule is CCn1c(CC(=O)CC2CCNC2)nc2ccccc21. The van der Waals surface area contributed by atoms with E-state index in [2.05, 4.69) is 27.9 Å². The average Bonchev–Trinajstić information content (AvgIpc) is 3.05. The van der Waals surface area contributed by atoms with E-state index in [0.29, 0.717) is 24.5 Å². The van der Waals surface area contributed by atoms with Crippen molar-refractivity contribution in [3.8, 4) is 0 Å². The third-order valence-corrected chi connectivity index (χ3v) is 4.08. The number of imidazole rings is 1. The molecule has 1 fully saturated rings. The second kappa shape index (κ2) is 5.75. The van der Waals surface area contributed by atoms with Crippen LogP contribution in [0.3, 0.4) is 0 Å². The minimum atomic E-state index is 0.309. The average molecular weight is 271 g/mol. The highest BCUT2D eigenvalue weighted by Crippen LogP contribution is 2.18. The van der Waals surface area contributed by atoms with Gasteiger partial charge >= 0.3 is 0 Å². The fourth-order valence-electron chi connectivity index (χ4n) is 3.07. The largest absolute Gasteiger partial charge is 0.328 e. The predicted octanol–water partition coefficient (Wildman–Crippen LogP) is 2.17. The van der Waals surface area contributed by atoms with Crippen molar-refractivity contribution in [3.63, 3.8) is 0 Å². The quantitative estimate of drug-likeness (QED) is 0.906. The second-order valence-electron chi connectivity index (χ2n) is 5.54. The Morgan fingerprint density at radius 1 is 1.45 bits per heavy atom. The Morgan fingerprint density at radius 2 is 2.30 bits per heavy atom. The van der Waals surface area contributed by atoms with Crippen LogP contribution in [0.5, 0.6) is 0 Å². The van der Waals surface area contributed by atoms with E-state index in [1.165, 1.54) is 0 Å². The van der Waals surface area contributed by atoms with Crippen molar-refractivity contribution in [2.45, 2.75) is 32.7 Å². The fourth-order valence-corrected chi connectivity index (χ4v) is 3.07. The first-order chi connectivity index (χ1) is 9.78. The summed E-state index contributed by atoms with van der Waals surface area (Å²) in [4.78, 5) is 16.9. The highest BCUT2D eigenvalue weighted by atomic mass is 16.1. The molecule has 1 N–H and O–H groups in total. The Bertz CT molecular complexity index is 611. The molecule has 0 aliphatic carbocycles. The van der Waals surface area contributed by atoms with Crippen molar-refractivity contribution in [1.29, 1.82) is 0 Å². The molecule has 1 unspecified atom stereocenters. The van der Waals surface area contributed by atoms with Crippen molar-refractivity contribution in [2.75, 3.05) is 13.1 Å². The van der Waals surface area contributed by atoms with E-state index in [0.717, 1.165) is 42.9 Å². The molecule has 2 aromatic rings. The van der Waals surface area contributed by atoms with Gasteiger partial charge < -0.3 is 9.88 Å². The van der Waals surface area contributed by atoms with Crippen LogP contribution in [-0.2, 0) is 17.8 Å². The molecule has 20 heavy (non-hydrogen) atoms. The number of rotatable bonds is 5. The molecule has 0 bridgehead atoms. The van der Waals surface area contributed by atoms with Crippen LogP contribution in [0.15, 0.2) is 24.3 Å². The molecule has 0 amide bonds. The molecule has 4 heteroatoms. The summed E-state index contributed by atoms with van der Waals surface area (Å²) in [6.07, 6.45) is 2.26. The van der Waals surface area contributed by atoms with Gasteiger partial charge in [-0.1, -0.05) is 12.1 Å². The smallest absolute Gasteiger partial charge is 0.140 e. The Kier molecular flexibility index (Phi) is 3.83. The molecule has 0 spiro atoms. The van der Waals surface area contributed by atoms with Gasteiger partial charge in [-0.05, 0) is 44.5 Å². The van der Waals surface area contributed by atoms with Crippen LogP contribution in [0, 0.1) is 5.92 Å². The van der Waals surface area contributed by atoms with E-state index in [1.54, 1.807) is 0 Å². The predicted molar refractivity (Wildman–Crippen MR) is 79.7 cm³/mol. The van der Waals surface area contributed by atoms with Crippen LogP contribution in [-0.4, -0.2) is 28.4 Å². The van der Waals surface area contributed by atoms with Crippen LogP contribution in [0.1, 0.15) is 25.6 Å². The number of nitrogens with one attached hydrogen (secondary N) is 1. The fraction of sp³-hybridized carbons (Fsp3) is 0.500. The zero-order valence-electron chi connectivity index (χ0n) is 11.9. The zero-order chi connectivity index (χ0) is 13.9. The van der Waals surface area contributed by atoms with Gasteiger partial charge in [-0.15, -0.1) is 0 Å². The molecule has 0 radical (unpaired) electrons. The number of carbonyl (C=O) groups is 1. The highest BCUT2D eigenvalue weighted by molar-refractivity contribution is 5.82. The molecule has 3 rings (SSSR count). The lowest BCUT2D eigenvalue weighted by atomic mass is 10.0. The number of hydrogen-bond acceptors (Lipinski definition) is 3. The van der Waals surface area contributed by atoms with E-state index in [-0.39, 0.29) is 0 Å². The van der Waals surface area contributed by atoms with Crippen LogP contribution in [0.25, 0.3) is 11.0 Å². The number of aromatic nitrogens is 2. The van der Waals surface area contributed by atoms with E-state index in [4.69, 9.17) is 0 Å². The van der Waals surface area contributed by atoms with E-state index in [9.17, 15) is 4.79 Å². The number of Topliss-reactive ketones (excluding diaryl/α,β-unsaturated/α-hetero) is 1. The van der Waals surface area contributed by atoms with E-state index in [1.807, 2.05) is 18.2 Å². The summed E-state index contributed by atoms with van der Waals surface area (Å²) in [6, 6.07) is 8.09. The van der Waals surface area contributed by atoms with E-state index < -0.39 is 0 Å². The maximum absolute atomic E-state index is 12.2. The summed E-state index contributed by atoms with van der Waals surface area (Å²) in [6.45, 7) is 4.98. The summed E-state index contributed by atoms with van der Waals surface area (Å²) in [5.41, 5.74) is 2.11. The summed E-state index contributed by atoms with van der Waals surface area (Å²) in [7, 11) is 0. The minimum Gasteiger partial charge on any atom is -0.328 e. The van der Waals surface area contributed by atoms with Gasteiger partial charge in [0.25, 0.3) is 0 Å². The number of para-hydroxylation sites is 2. The van der Waals surface area contributed by atoms with Crippen LogP contribution >= 0.6 is 0 Å². The maximum atomic E-state index is 12.2. The number of nitrogens with zero attached hydrogens (tertiary/aromatic N) is 2. The van der Waals surface area contributed by atoms with Gasteiger partial charge in [-0.25, -0.2) is 4.98 Å². The van der Waals surface area contributed by atoms with Gasteiger partial charge in [0.05, 0.1) is 17.5 Å². The van der Waals surface area contributed by atoms with Crippen LogP contribution in [0.2, 0.25) is 0 Å². The molecule has 1 aliphatic rings. The number of hydrogen-bond donors (Lipinski definition) is 1. The van der Waals surface area contributed by atoms with Crippen molar-refractivity contribution >= 4 is 16.8 Å². The van der Waals surface area contributed by atoms with Gasteiger partial charge in [0, 0.05) is 13.0 Å². The molecular formula is C16H21N3O. The highest BCUT2D eigenvalue weighted by Gasteiger charge is 2.20. The second-order valence-corrected chi connectivity index (χ2v) is 5.54. The first kappa shape index (κ1) is 13.3. The number of carbonyl (C=O) groups excluding carboxylic acids is 1. The lowest BCUT2D eigenvalue weighted by molar-refractivity contribution is -0.119. The first-order valence-electron chi connectivity index (χ1n) is 7.44. The Morgan fingerprint density at radius 3 is 3.05 bits per heavy atom. The standard InChI is InChI=1S/C16H21N3O/c1-2-19-15-6-4-3-5-14(15)18-16(19)10-13(20)9-12-7-8-17-11-12/h3-6,12,17H,2,7-11H2,1H3. The molecule has 1 aromatic heterocycles.